The third-order valence-electron chi connectivity index (χ3n) is 7.44. The molecule has 0 atom stereocenters. The van der Waals surface area contributed by atoms with Gasteiger partial charge in [0, 0.05) is 657 Å². The van der Waals surface area contributed by atoms with Crippen LogP contribution in [0.25, 0.3) is 0 Å². The lowest BCUT2D eigenvalue weighted by molar-refractivity contribution is 1.55. The Labute approximate surface area is 717 Å². The molecule has 0 aromatic heterocycles. The van der Waals surface area contributed by atoms with Crippen LogP contribution >= 0.6 is 0 Å². The first-order chi connectivity index (χ1) is 60.9. The summed E-state index contributed by atoms with van der Waals surface area (Å²) in [4.78, 5) is 0. The second-order valence-corrected chi connectivity index (χ2v) is 15.0. The summed E-state index contributed by atoms with van der Waals surface area (Å²) in [6.07, 6.45) is 4.95. The van der Waals surface area contributed by atoms with Crippen molar-refractivity contribution in [2.75, 3.05) is 0 Å². The SMILES string of the molecule is C#CC#CC#CC#CC#CC#CC#CC#CC#CC#CC#CC#CC#CC#CC#CC#CC#CC#CC#CC#CC#CC#CC#CC#CC#CC#CC#CC#CC#CC#CC#CC#CC#CC#CC#CC#CC#CC#CC#CC#CC#CC#CC#CC#CC#CC#CC#CC#CC#CC#CC#CC#CC#CC#CC#CC#CC#CC#CC#CC#CC#N. The van der Waals surface area contributed by atoms with Gasteiger partial charge in [-0.1, -0.05) is 0 Å². The van der Waals surface area contributed by atoms with Crippen molar-refractivity contribution in [1.82, 2.24) is 0 Å². The molecular weight excluding hydrogens is 1470 g/mol. The zero-order chi connectivity index (χ0) is 86.9. The molecule has 0 saturated heterocycles. The summed E-state index contributed by atoms with van der Waals surface area (Å²) in [5.74, 6) is 295. The molecule has 0 aromatic rings. The number of nitrogens with zero attached hydrogens (tertiary/aromatic N) is 1. The fourth-order valence-corrected chi connectivity index (χ4v) is 3.69. The molecule has 0 radical (unpaired) electrons. The van der Waals surface area contributed by atoms with Crippen LogP contribution < -0.4 is 0 Å². The number of hydrogen-bond donors (Lipinski definition) is 0. The van der Waals surface area contributed by atoms with Gasteiger partial charge in [0.15, 0.2) is 6.07 Å². The number of hydrogen-bond acceptors (Lipinski definition) is 1. The molecule has 0 fully saturated rings. The number of rotatable bonds is 0. The predicted octanol–water partition coefficient (Wildman–Crippen LogP) is 0.344. The highest BCUT2D eigenvalue weighted by atomic mass is 14.2. The number of nitriles is 1. The van der Waals surface area contributed by atoms with Gasteiger partial charge in [-0.05, 0) is 47.4 Å². The maximum atomic E-state index is 8.23. The molecule has 0 aliphatic heterocycles. The Bertz CT molecular complexity index is 8160. The van der Waals surface area contributed by atoms with Gasteiger partial charge in [0.05, 0.1) is 0 Å². The minimum atomic E-state index is 1.62. The second kappa shape index (κ2) is 94.1. The van der Waals surface area contributed by atoms with Gasteiger partial charge in [0.2, 0.25) is 0 Å². The van der Waals surface area contributed by atoms with Gasteiger partial charge in [-0.2, -0.15) is 5.26 Å². The third kappa shape index (κ3) is 93.1. The molecule has 0 heterocycles. The Hall–Kier alpha value is -26.9. The maximum Gasteiger partial charge on any atom is 0.153 e. The second-order valence-electron chi connectivity index (χ2n) is 15.0. The normalized spacial score (nSPS) is 3.95. The molecule has 1 nitrogen and oxygen atoms in total. The lowest BCUT2D eigenvalue weighted by Crippen LogP contribution is -1.57. The maximum absolute atomic E-state index is 8.23. The molecule has 1 heteroatoms. The summed E-state index contributed by atoms with van der Waals surface area (Å²) in [5, 5.41) is 8.23. The summed E-state index contributed by atoms with van der Waals surface area (Å²) in [5.41, 5.74) is 0. The van der Waals surface area contributed by atoms with Crippen molar-refractivity contribution < 1.29 is 0 Å². The van der Waals surface area contributed by atoms with Crippen LogP contribution in [0.5, 0.6) is 0 Å². The lowest BCUT2D eigenvalue weighted by Gasteiger charge is -1.58. The van der Waals surface area contributed by atoms with E-state index in [4.69, 9.17) is 11.7 Å². The van der Waals surface area contributed by atoms with Gasteiger partial charge < -0.3 is 0 Å². The Morgan fingerprint density at radius 3 is 0.148 bits per heavy atom. The average molecular weight is 1470 g/mol. The van der Waals surface area contributed by atoms with Gasteiger partial charge >= 0.3 is 0 Å². The van der Waals surface area contributed by atoms with Gasteiger partial charge in [0.25, 0.3) is 0 Å². The zero-order valence-electron chi connectivity index (χ0n) is 61.0. The van der Waals surface area contributed by atoms with Gasteiger partial charge in [0.1, 0.15) is 0 Å². The molecular formula is C121HN. The van der Waals surface area contributed by atoms with E-state index in [-0.39, 0.29) is 0 Å². The first-order valence-electron chi connectivity index (χ1n) is 30.3. The Morgan fingerprint density at radius 1 is 0.0656 bits per heavy atom. The molecule has 122 heavy (non-hydrogen) atoms. The first-order valence-corrected chi connectivity index (χ1v) is 30.3. The van der Waals surface area contributed by atoms with Crippen molar-refractivity contribution in [3.8, 4) is 717 Å². The van der Waals surface area contributed by atoms with E-state index < -0.39 is 0 Å². The summed E-state index contributed by atoms with van der Waals surface area (Å²) in [6, 6.07) is 1.62. The topological polar surface area (TPSA) is 23.8 Å². The molecule has 0 N–H and O–H groups in total. The standard InChI is InChI=1S/C121HN/c1-2-3-4-5-6-7-8-9-10-11-12-13-14-15-16-17-18-19-20-21-22-23-24-25-26-27-28-29-30-31-32-33-34-35-36-37-38-39-40-41-42-43-44-45-46-47-48-49-50-51-52-53-54-55-56-57-58-59-60-61-62-63-64-65-66-67-68-69-70-71-72-73-74-75-76-77-78-79-80-81-82-83-84-85-86-87-88-89-90-91-92-93-94-95-96-97-98-99-100-101-102-103-104-105-106-107-108-109-110-111-112-113-114-115-116-117-118-119-120-121-122/h1H. The molecule has 490 valence electrons. The molecule has 0 aromatic carbocycles. The fourth-order valence-electron chi connectivity index (χ4n) is 3.69. The van der Waals surface area contributed by atoms with Gasteiger partial charge in [-0.3, -0.25) is 0 Å². The lowest BCUT2D eigenvalue weighted by atomic mass is 10.4. The summed E-state index contributed by atoms with van der Waals surface area (Å²) >= 11 is 0. The first kappa shape index (κ1) is 95.1. The summed E-state index contributed by atoms with van der Waals surface area (Å²) < 4.78 is 0. The quantitative estimate of drug-likeness (QED) is 0.322. The molecule has 0 amide bonds. The van der Waals surface area contributed by atoms with Crippen LogP contribution in [0.1, 0.15) is 0 Å². The minimum absolute atomic E-state index is 1.62. The van der Waals surface area contributed by atoms with Crippen molar-refractivity contribution in [2.24, 2.45) is 0 Å². The minimum Gasteiger partial charge on any atom is -0.183 e. The molecule has 0 aliphatic carbocycles. The van der Waals surface area contributed by atoms with E-state index in [0.29, 0.717) is 0 Å². The van der Waals surface area contributed by atoms with E-state index in [1.807, 2.05) is 0 Å². The Balaban J connectivity index is 4.65. The van der Waals surface area contributed by atoms with Gasteiger partial charge in [-0.15, -0.1) is 6.42 Å². The van der Waals surface area contributed by atoms with Gasteiger partial charge in [-0.25, -0.2) is 0 Å². The largest absolute Gasteiger partial charge is 0.183 e. The number of terminal acetylenes is 1. The van der Waals surface area contributed by atoms with Crippen molar-refractivity contribution in [3.05, 3.63) is 0 Å². The van der Waals surface area contributed by atoms with E-state index in [2.05, 4.69) is 705 Å². The smallest absolute Gasteiger partial charge is 0.153 e. The van der Waals surface area contributed by atoms with Crippen LogP contribution in [-0.2, 0) is 0 Å². The van der Waals surface area contributed by atoms with E-state index >= 15 is 0 Å². The van der Waals surface area contributed by atoms with Crippen LogP contribution in [0.3, 0.4) is 0 Å². The van der Waals surface area contributed by atoms with E-state index in [0.717, 1.165) is 0 Å². The average Bonchev–Trinajstić information content (AvgIpc) is 1.30. The Morgan fingerprint density at radius 2 is 0.107 bits per heavy atom. The molecule has 0 bridgehead atoms. The highest BCUT2D eigenvalue weighted by molar-refractivity contribution is 5.58. The fraction of sp³-hybridized carbons (Fsp3) is 0. The molecule has 0 aliphatic rings. The van der Waals surface area contributed by atoms with E-state index in [9.17, 15) is 0 Å². The van der Waals surface area contributed by atoms with E-state index in [1.54, 1.807) is 6.07 Å². The van der Waals surface area contributed by atoms with E-state index in [1.165, 1.54) is 0 Å². The van der Waals surface area contributed by atoms with Crippen molar-refractivity contribution in [3.63, 3.8) is 0 Å². The summed E-state index contributed by atoms with van der Waals surface area (Å²) in [6.45, 7) is 0. The zero-order valence-corrected chi connectivity index (χ0v) is 61.0. The van der Waals surface area contributed by atoms with Crippen LogP contribution in [0, 0.1) is 722 Å². The van der Waals surface area contributed by atoms with Crippen LogP contribution in [-0.4, -0.2) is 0 Å². The highest BCUT2D eigenvalue weighted by Crippen LogP contribution is 1.69. The third-order valence-corrected chi connectivity index (χ3v) is 7.44. The van der Waals surface area contributed by atoms with Crippen molar-refractivity contribution >= 4 is 0 Å². The molecule has 0 rings (SSSR count). The van der Waals surface area contributed by atoms with Crippen molar-refractivity contribution in [2.45, 2.75) is 0 Å². The monoisotopic (exact) mass is 1470 g/mol. The highest BCUT2D eigenvalue weighted by Gasteiger charge is 1.69. The molecule has 0 saturated carbocycles. The molecule has 0 spiro atoms. The predicted molar refractivity (Wildman–Crippen MR) is 473 cm³/mol. The Kier molecular flexibility index (Phi) is 73.3. The van der Waals surface area contributed by atoms with Crippen LogP contribution in [0.15, 0.2) is 0 Å². The van der Waals surface area contributed by atoms with Crippen LogP contribution in [0.4, 0.5) is 0 Å². The summed E-state index contributed by atoms with van der Waals surface area (Å²) in [7, 11) is 0. The van der Waals surface area contributed by atoms with Crippen LogP contribution in [0.2, 0.25) is 0 Å². The van der Waals surface area contributed by atoms with Crippen molar-refractivity contribution in [1.29, 1.82) is 5.26 Å². The molecule has 0 unspecified atom stereocenters.